The summed E-state index contributed by atoms with van der Waals surface area (Å²) in [6, 6.07) is 9.34. The van der Waals surface area contributed by atoms with Crippen LogP contribution in [-0.2, 0) is 17.5 Å². The molecular formula is C30H31F3N4O2S. The summed E-state index contributed by atoms with van der Waals surface area (Å²) >= 11 is 1.44. The van der Waals surface area contributed by atoms with Crippen LogP contribution in [0.1, 0.15) is 38.7 Å². The molecule has 3 aromatic rings. The van der Waals surface area contributed by atoms with Crippen LogP contribution < -0.4 is 10.6 Å². The highest BCUT2D eigenvalue weighted by Crippen LogP contribution is 2.53. The minimum Gasteiger partial charge on any atom is -0.352 e. The van der Waals surface area contributed by atoms with Crippen LogP contribution >= 0.6 is 11.8 Å². The first-order valence-electron chi connectivity index (χ1n) is 13.6. The number of rotatable bonds is 3. The Labute approximate surface area is 234 Å². The zero-order chi connectivity index (χ0) is 28.4. The predicted octanol–water partition coefficient (Wildman–Crippen LogP) is 5.97. The highest BCUT2D eigenvalue weighted by Gasteiger charge is 2.44. The van der Waals surface area contributed by atoms with Crippen molar-refractivity contribution in [3.8, 4) is 11.1 Å². The molecule has 1 spiro atoms. The van der Waals surface area contributed by atoms with Crippen molar-refractivity contribution < 1.29 is 18.0 Å². The van der Waals surface area contributed by atoms with Crippen LogP contribution in [0.5, 0.6) is 0 Å². The first-order valence-corrected chi connectivity index (χ1v) is 14.6. The van der Waals surface area contributed by atoms with Gasteiger partial charge in [-0.05, 0) is 49.8 Å². The zero-order valence-corrected chi connectivity index (χ0v) is 23.3. The number of aromatic nitrogens is 2. The van der Waals surface area contributed by atoms with Gasteiger partial charge in [-0.25, -0.2) is 4.79 Å². The molecule has 2 aliphatic heterocycles. The number of piperazine rings is 1. The van der Waals surface area contributed by atoms with Gasteiger partial charge in [-0.15, -0.1) is 11.8 Å². The Morgan fingerprint density at radius 3 is 2.40 bits per heavy atom. The smallest absolute Gasteiger partial charge is 0.352 e. The highest BCUT2D eigenvalue weighted by atomic mass is 32.2. The predicted molar refractivity (Wildman–Crippen MR) is 152 cm³/mol. The largest absolute Gasteiger partial charge is 0.417 e. The van der Waals surface area contributed by atoms with Crippen molar-refractivity contribution >= 4 is 34.4 Å². The minimum atomic E-state index is -4.62. The Hall–Kier alpha value is -3.27. The number of benzene rings is 2. The second-order valence-electron chi connectivity index (χ2n) is 11.4. The Morgan fingerprint density at radius 1 is 1.15 bits per heavy atom. The van der Waals surface area contributed by atoms with E-state index in [1.807, 2.05) is 18.7 Å². The molecule has 2 aromatic carbocycles. The zero-order valence-electron chi connectivity index (χ0n) is 22.5. The summed E-state index contributed by atoms with van der Waals surface area (Å²) in [6.07, 6.45) is -0.434. The van der Waals surface area contributed by atoms with Crippen molar-refractivity contribution in [2.45, 2.75) is 62.8 Å². The average Bonchev–Trinajstić information content (AvgIpc) is 3.08. The van der Waals surface area contributed by atoms with E-state index in [0.717, 1.165) is 19.3 Å². The van der Waals surface area contributed by atoms with E-state index in [1.165, 1.54) is 23.9 Å². The molecule has 2 fully saturated rings. The number of anilines is 1. The molecule has 1 aliphatic carbocycles. The molecule has 6 nitrogen and oxygen atoms in total. The number of alkyl halides is 3. The van der Waals surface area contributed by atoms with Gasteiger partial charge in [0.05, 0.1) is 11.1 Å². The standard InChI is InChI=1S/C30H31F3N4O2S/c1-4-23(38)37-18(2)14-35(15-19(37)3)27-21-13-22(30(31,32)33)24(20-9-6-5-7-10-20)26-25(21)36(28(39)34-27)16-29(17-40-26)11-8-12-29/h4-7,9-10,13,18-19H,1,8,11-12,14-17H2,2-3H3/t18-,19+. The molecule has 3 aliphatic rings. The summed E-state index contributed by atoms with van der Waals surface area (Å²) in [5.41, 5.74) is -0.180. The monoisotopic (exact) mass is 568 g/mol. The van der Waals surface area contributed by atoms with Gasteiger partial charge in [0.2, 0.25) is 5.91 Å². The summed E-state index contributed by atoms with van der Waals surface area (Å²) in [5.74, 6) is 0.697. The van der Waals surface area contributed by atoms with Gasteiger partial charge in [0.25, 0.3) is 0 Å². The van der Waals surface area contributed by atoms with E-state index in [2.05, 4.69) is 11.6 Å². The first kappa shape index (κ1) is 26.9. The summed E-state index contributed by atoms with van der Waals surface area (Å²) < 4.78 is 46.1. The summed E-state index contributed by atoms with van der Waals surface area (Å²) in [5, 5.41) is 0.327. The summed E-state index contributed by atoms with van der Waals surface area (Å²) in [6.45, 7) is 8.49. The maximum Gasteiger partial charge on any atom is 0.417 e. The van der Waals surface area contributed by atoms with E-state index < -0.39 is 17.4 Å². The van der Waals surface area contributed by atoms with Gasteiger partial charge in [0.1, 0.15) is 5.82 Å². The molecule has 0 bridgehead atoms. The quantitative estimate of drug-likeness (QED) is 0.365. The Balaban J connectivity index is 1.63. The van der Waals surface area contributed by atoms with Crippen LogP contribution in [0.15, 0.2) is 58.7 Å². The first-order chi connectivity index (χ1) is 19.0. The van der Waals surface area contributed by atoms with Crippen LogP contribution in [0.4, 0.5) is 19.0 Å². The number of hydrogen-bond acceptors (Lipinski definition) is 5. The van der Waals surface area contributed by atoms with Crippen LogP contribution in [0.3, 0.4) is 0 Å². The molecule has 10 heteroatoms. The lowest BCUT2D eigenvalue weighted by atomic mass is 9.70. The number of hydrogen-bond donors (Lipinski definition) is 0. The molecule has 40 heavy (non-hydrogen) atoms. The van der Waals surface area contributed by atoms with Gasteiger partial charge in [0.15, 0.2) is 0 Å². The van der Waals surface area contributed by atoms with E-state index in [0.29, 0.717) is 46.7 Å². The Morgan fingerprint density at radius 2 is 1.82 bits per heavy atom. The van der Waals surface area contributed by atoms with Gasteiger partial charge in [-0.1, -0.05) is 43.3 Å². The van der Waals surface area contributed by atoms with Crippen molar-refractivity contribution in [1.29, 1.82) is 0 Å². The molecule has 6 rings (SSSR count). The van der Waals surface area contributed by atoms with E-state index in [9.17, 15) is 22.8 Å². The lowest BCUT2D eigenvalue weighted by Gasteiger charge is -2.45. The SMILES string of the molecule is C=CC(=O)N1[C@H](C)CN(c2nc(=O)n3c4c(c(-c5ccccc5)c(C(F)(F)F)cc24)SCC2(CCC2)C3)C[C@@H]1C. The third kappa shape index (κ3) is 4.31. The second-order valence-corrected chi connectivity index (χ2v) is 12.4. The van der Waals surface area contributed by atoms with Crippen molar-refractivity contribution in [3.63, 3.8) is 0 Å². The fourth-order valence-electron chi connectivity index (χ4n) is 6.66. The van der Waals surface area contributed by atoms with Gasteiger partial charge >= 0.3 is 11.9 Å². The van der Waals surface area contributed by atoms with E-state index >= 15 is 0 Å². The van der Waals surface area contributed by atoms with E-state index in [-0.39, 0.29) is 34.8 Å². The number of thioether (sulfide) groups is 1. The number of nitrogens with zero attached hydrogens (tertiary/aromatic N) is 4. The van der Waals surface area contributed by atoms with Gasteiger partial charge < -0.3 is 9.80 Å². The fraction of sp³-hybridized carbons (Fsp3) is 0.433. The molecule has 0 unspecified atom stereocenters. The molecule has 210 valence electrons. The second kappa shape index (κ2) is 9.68. The van der Waals surface area contributed by atoms with Crippen molar-refractivity contribution in [2.75, 3.05) is 23.7 Å². The number of amides is 1. The number of halogens is 3. The summed E-state index contributed by atoms with van der Waals surface area (Å²) in [4.78, 5) is 34.7. The van der Waals surface area contributed by atoms with Gasteiger partial charge in [-0.2, -0.15) is 18.2 Å². The molecule has 0 N–H and O–H groups in total. The van der Waals surface area contributed by atoms with Gasteiger partial charge in [-0.3, -0.25) is 9.36 Å². The van der Waals surface area contributed by atoms with Crippen LogP contribution in [0.2, 0.25) is 0 Å². The maximum atomic E-state index is 14.8. The lowest BCUT2D eigenvalue weighted by Crippen LogP contribution is -2.58. The van der Waals surface area contributed by atoms with Gasteiger partial charge in [0, 0.05) is 53.3 Å². The summed E-state index contributed by atoms with van der Waals surface area (Å²) in [7, 11) is 0. The van der Waals surface area contributed by atoms with Crippen molar-refractivity contribution in [2.24, 2.45) is 5.41 Å². The molecule has 1 amide bonds. The number of carbonyl (C=O) groups excluding carboxylic acids is 1. The van der Waals surface area contributed by atoms with Crippen LogP contribution in [0.25, 0.3) is 22.0 Å². The maximum absolute atomic E-state index is 14.8. The Kier molecular flexibility index (Phi) is 6.52. The third-order valence-corrected chi connectivity index (χ3v) is 10.1. The molecular weight excluding hydrogens is 537 g/mol. The molecule has 1 saturated heterocycles. The third-order valence-electron chi connectivity index (χ3n) is 8.64. The minimum absolute atomic E-state index is 0.121. The lowest BCUT2D eigenvalue weighted by molar-refractivity contribution is -0.137. The molecule has 1 saturated carbocycles. The molecule has 1 aromatic heterocycles. The fourth-order valence-corrected chi connectivity index (χ4v) is 8.22. The molecule has 3 heterocycles. The topological polar surface area (TPSA) is 58.4 Å². The van der Waals surface area contributed by atoms with E-state index in [4.69, 9.17) is 0 Å². The van der Waals surface area contributed by atoms with Crippen LogP contribution in [-0.4, -0.2) is 51.3 Å². The van der Waals surface area contributed by atoms with E-state index in [1.54, 1.807) is 39.8 Å². The molecule has 2 atom stereocenters. The number of carbonyl (C=O) groups is 1. The van der Waals surface area contributed by atoms with Crippen molar-refractivity contribution in [3.05, 3.63) is 65.1 Å². The normalized spacial score (nSPS) is 22.2. The average molecular weight is 569 g/mol. The molecule has 0 radical (unpaired) electrons. The Bertz CT molecular complexity index is 1550. The van der Waals surface area contributed by atoms with Crippen LogP contribution in [0, 0.1) is 5.41 Å². The van der Waals surface area contributed by atoms with Crippen molar-refractivity contribution in [1.82, 2.24) is 14.5 Å². The highest BCUT2D eigenvalue weighted by molar-refractivity contribution is 7.99.